The minimum absolute atomic E-state index is 0.162. The number of halogens is 2. The maximum atomic E-state index is 13.0. The van der Waals surface area contributed by atoms with Crippen molar-refractivity contribution in [1.82, 2.24) is 4.72 Å². The van der Waals surface area contributed by atoms with Crippen LogP contribution >= 0.6 is 0 Å². The Morgan fingerprint density at radius 2 is 1.90 bits per heavy atom. The maximum absolute atomic E-state index is 13.0. The highest BCUT2D eigenvalue weighted by Crippen LogP contribution is 2.20. The molecule has 0 amide bonds. The fourth-order valence-electron chi connectivity index (χ4n) is 2.01. The Hall–Kier alpha value is -1.58. The SMILES string of the molecule is O=C(O)C1CCC(CNS(=O)(=O)c2cc(F)cc(F)c2)O1. The lowest BCUT2D eigenvalue weighted by Gasteiger charge is -2.12. The topological polar surface area (TPSA) is 92.7 Å². The Morgan fingerprint density at radius 1 is 1.29 bits per heavy atom. The Kier molecular flexibility index (Phi) is 4.55. The van der Waals surface area contributed by atoms with Crippen LogP contribution in [-0.4, -0.2) is 38.2 Å². The van der Waals surface area contributed by atoms with Crippen LogP contribution in [0.15, 0.2) is 23.1 Å². The summed E-state index contributed by atoms with van der Waals surface area (Å²) >= 11 is 0. The smallest absolute Gasteiger partial charge is 0.332 e. The van der Waals surface area contributed by atoms with E-state index in [4.69, 9.17) is 9.84 Å². The third-order valence-corrected chi connectivity index (χ3v) is 4.43. The third kappa shape index (κ3) is 3.96. The molecule has 9 heteroatoms. The van der Waals surface area contributed by atoms with E-state index in [1.165, 1.54) is 0 Å². The van der Waals surface area contributed by atoms with Gasteiger partial charge in [0.2, 0.25) is 10.0 Å². The number of rotatable bonds is 5. The minimum Gasteiger partial charge on any atom is -0.479 e. The molecule has 2 rings (SSSR count). The Bertz CT molecular complexity index is 629. The number of nitrogens with one attached hydrogen (secondary N) is 1. The number of hydrogen-bond donors (Lipinski definition) is 2. The normalized spacial score (nSPS) is 22.4. The fraction of sp³-hybridized carbons (Fsp3) is 0.417. The van der Waals surface area contributed by atoms with Gasteiger partial charge in [0.15, 0.2) is 6.10 Å². The molecule has 1 heterocycles. The van der Waals surface area contributed by atoms with Crippen LogP contribution in [0.1, 0.15) is 12.8 Å². The van der Waals surface area contributed by atoms with Gasteiger partial charge in [-0.05, 0) is 25.0 Å². The second-order valence-corrected chi connectivity index (χ2v) is 6.39. The fourth-order valence-corrected chi connectivity index (χ4v) is 3.11. The molecule has 2 unspecified atom stereocenters. The Morgan fingerprint density at radius 3 is 2.43 bits per heavy atom. The van der Waals surface area contributed by atoms with Crippen molar-refractivity contribution in [3.8, 4) is 0 Å². The van der Waals surface area contributed by atoms with E-state index in [2.05, 4.69) is 4.72 Å². The molecule has 6 nitrogen and oxygen atoms in total. The van der Waals surface area contributed by atoms with Crippen molar-refractivity contribution in [2.24, 2.45) is 0 Å². The summed E-state index contributed by atoms with van der Waals surface area (Å²) in [5, 5.41) is 8.75. The predicted octanol–water partition coefficient (Wildman–Crippen LogP) is 0.875. The van der Waals surface area contributed by atoms with Crippen LogP contribution in [0.25, 0.3) is 0 Å². The van der Waals surface area contributed by atoms with Crippen LogP contribution in [0.5, 0.6) is 0 Å². The first-order chi connectivity index (χ1) is 9.78. The van der Waals surface area contributed by atoms with Crippen molar-refractivity contribution in [3.63, 3.8) is 0 Å². The monoisotopic (exact) mass is 321 g/mol. The Labute approximate surface area is 119 Å². The zero-order valence-electron chi connectivity index (χ0n) is 10.8. The van der Waals surface area contributed by atoms with E-state index in [-0.39, 0.29) is 13.0 Å². The largest absolute Gasteiger partial charge is 0.479 e. The quantitative estimate of drug-likeness (QED) is 0.840. The van der Waals surface area contributed by atoms with E-state index in [9.17, 15) is 22.0 Å². The van der Waals surface area contributed by atoms with E-state index < -0.39 is 44.7 Å². The van der Waals surface area contributed by atoms with Gasteiger partial charge in [0.1, 0.15) is 11.6 Å². The Balaban J connectivity index is 2.00. The van der Waals surface area contributed by atoms with Crippen LogP contribution in [0.2, 0.25) is 0 Å². The molecule has 1 fully saturated rings. The van der Waals surface area contributed by atoms with Gasteiger partial charge in [-0.25, -0.2) is 26.7 Å². The van der Waals surface area contributed by atoms with Crippen molar-refractivity contribution < 1.29 is 31.8 Å². The van der Waals surface area contributed by atoms with Gasteiger partial charge in [-0.15, -0.1) is 0 Å². The molecule has 1 aliphatic heterocycles. The zero-order valence-corrected chi connectivity index (χ0v) is 11.6. The lowest BCUT2D eigenvalue weighted by molar-refractivity contribution is -0.149. The number of benzene rings is 1. The van der Waals surface area contributed by atoms with E-state index in [0.717, 1.165) is 0 Å². The first-order valence-electron chi connectivity index (χ1n) is 6.12. The van der Waals surface area contributed by atoms with Crippen molar-refractivity contribution in [2.75, 3.05) is 6.54 Å². The van der Waals surface area contributed by atoms with Gasteiger partial charge in [0.25, 0.3) is 0 Å². The van der Waals surface area contributed by atoms with E-state index in [1.54, 1.807) is 0 Å². The summed E-state index contributed by atoms with van der Waals surface area (Å²) in [7, 11) is -4.09. The van der Waals surface area contributed by atoms with Gasteiger partial charge in [0.05, 0.1) is 11.0 Å². The number of aliphatic carboxylic acids is 1. The molecule has 0 aliphatic carbocycles. The molecule has 0 saturated carbocycles. The van der Waals surface area contributed by atoms with E-state index >= 15 is 0 Å². The number of carboxylic acid groups (broad SMARTS) is 1. The average Bonchev–Trinajstić information content (AvgIpc) is 2.84. The average molecular weight is 321 g/mol. The van der Waals surface area contributed by atoms with Crippen molar-refractivity contribution in [3.05, 3.63) is 29.8 Å². The van der Waals surface area contributed by atoms with Crippen LogP contribution in [-0.2, 0) is 19.6 Å². The minimum atomic E-state index is -4.09. The second kappa shape index (κ2) is 6.04. The number of ether oxygens (including phenoxy) is 1. The standard InChI is InChI=1S/C12H13F2NO5S/c13-7-3-8(14)5-10(4-7)21(18,19)15-6-9-1-2-11(20-9)12(16)17/h3-5,9,11,15H,1-2,6H2,(H,16,17). The van der Waals surface area contributed by atoms with Crippen molar-refractivity contribution in [2.45, 2.75) is 29.9 Å². The first-order valence-corrected chi connectivity index (χ1v) is 7.60. The van der Waals surface area contributed by atoms with Gasteiger partial charge >= 0.3 is 5.97 Å². The molecule has 0 bridgehead atoms. The number of sulfonamides is 1. The first kappa shape index (κ1) is 15.8. The molecule has 1 aromatic carbocycles. The summed E-state index contributed by atoms with van der Waals surface area (Å²) in [6, 6.07) is 1.96. The predicted molar refractivity (Wildman–Crippen MR) is 67.1 cm³/mol. The van der Waals surface area contributed by atoms with Crippen LogP contribution in [0.3, 0.4) is 0 Å². The summed E-state index contributed by atoms with van der Waals surface area (Å²) in [5.74, 6) is -3.11. The molecule has 116 valence electrons. The molecule has 21 heavy (non-hydrogen) atoms. The third-order valence-electron chi connectivity index (χ3n) is 3.03. The molecule has 2 N–H and O–H groups in total. The summed E-state index contributed by atoms with van der Waals surface area (Å²) in [6.07, 6.45) is -0.863. The summed E-state index contributed by atoms with van der Waals surface area (Å²) in [5.41, 5.74) is 0. The van der Waals surface area contributed by atoms with Gasteiger partial charge in [-0.1, -0.05) is 0 Å². The van der Waals surface area contributed by atoms with Gasteiger partial charge < -0.3 is 9.84 Å². The van der Waals surface area contributed by atoms with Crippen molar-refractivity contribution >= 4 is 16.0 Å². The maximum Gasteiger partial charge on any atom is 0.332 e. The van der Waals surface area contributed by atoms with Crippen LogP contribution in [0, 0.1) is 11.6 Å². The lowest BCUT2D eigenvalue weighted by atomic mass is 10.2. The highest BCUT2D eigenvalue weighted by molar-refractivity contribution is 7.89. The highest BCUT2D eigenvalue weighted by atomic mass is 32.2. The summed E-state index contributed by atoms with van der Waals surface area (Å²) in [6.45, 7) is -0.162. The molecule has 0 spiro atoms. The molecule has 1 aromatic rings. The summed E-state index contributed by atoms with van der Waals surface area (Å²) < 4.78 is 57.1. The molecule has 2 atom stereocenters. The van der Waals surface area contributed by atoms with E-state index in [0.29, 0.717) is 24.6 Å². The van der Waals surface area contributed by atoms with Crippen LogP contribution < -0.4 is 4.72 Å². The molecule has 0 aromatic heterocycles. The van der Waals surface area contributed by atoms with Gasteiger partial charge in [-0.2, -0.15) is 0 Å². The van der Waals surface area contributed by atoms with E-state index in [1.807, 2.05) is 0 Å². The van der Waals surface area contributed by atoms with Gasteiger partial charge in [0, 0.05) is 12.6 Å². The number of carbonyl (C=O) groups is 1. The molecule has 1 saturated heterocycles. The van der Waals surface area contributed by atoms with Crippen molar-refractivity contribution in [1.29, 1.82) is 0 Å². The van der Waals surface area contributed by atoms with Gasteiger partial charge in [-0.3, -0.25) is 0 Å². The summed E-state index contributed by atoms with van der Waals surface area (Å²) in [4.78, 5) is 10.2. The molecule has 0 radical (unpaired) electrons. The highest BCUT2D eigenvalue weighted by Gasteiger charge is 2.31. The second-order valence-electron chi connectivity index (χ2n) is 4.62. The number of hydrogen-bond acceptors (Lipinski definition) is 4. The lowest BCUT2D eigenvalue weighted by Crippen LogP contribution is -2.33. The molecular formula is C12H13F2NO5S. The number of carboxylic acids is 1. The van der Waals surface area contributed by atoms with Crippen LogP contribution in [0.4, 0.5) is 8.78 Å². The zero-order chi connectivity index (χ0) is 15.6. The molecular weight excluding hydrogens is 308 g/mol. The molecule has 1 aliphatic rings.